The standard InChI is InChI=1S/C25H32N2O6S/c1-4-13-26(16-7-9-17(33-3)10-8-16)22(30)20-25-12-11-24(2,34-25)19(23(31)32)18(25)21(29)27(20)14-5-6-15-28/h4,7-10,18-20,28H,1,5-6,11-15H2,2-3H3,(H,31,32)/t18-,19-,20?,24+,25?/m0/s1. The van der Waals surface area contributed by atoms with E-state index in [0.29, 0.717) is 43.7 Å². The Hall–Kier alpha value is -2.52. The van der Waals surface area contributed by atoms with E-state index in [9.17, 15) is 24.6 Å². The van der Waals surface area contributed by atoms with Crippen molar-refractivity contribution in [1.82, 2.24) is 4.90 Å². The summed E-state index contributed by atoms with van der Waals surface area (Å²) in [6, 6.07) is 6.36. The van der Waals surface area contributed by atoms with Gasteiger partial charge in [-0.3, -0.25) is 14.4 Å². The Morgan fingerprint density at radius 1 is 1.29 bits per heavy atom. The number of unbranched alkanes of at least 4 members (excludes halogenated alkanes) is 1. The van der Waals surface area contributed by atoms with Gasteiger partial charge in [0.05, 0.1) is 23.7 Å². The minimum absolute atomic E-state index is 0.00573. The summed E-state index contributed by atoms with van der Waals surface area (Å²) < 4.78 is 3.88. The van der Waals surface area contributed by atoms with E-state index < -0.39 is 33.3 Å². The van der Waals surface area contributed by atoms with Gasteiger partial charge in [0, 0.05) is 30.1 Å². The third kappa shape index (κ3) is 3.69. The summed E-state index contributed by atoms with van der Waals surface area (Å²) in [6.45, 7) is 6.29. The van der Waals surface area contributed by atoms with E-state index in [1.807, 2.05) is 6.92 Å². The molecule has 2 unspecified atom stereocenters. The van der Waals surface area contributed by atoms with Crippen LogP contribution in [0.25, 0.3) is 0 Å². The number of thioether (sulfide) groups is 1. The van der Waals surface area contributed by atoms with Gasteiger partial charge in [0.1, 0.15) is 11.8 Å². The molecule has 1 spiro atoms. The number of ether oxygens (including phenoxy) is 1. The molecular formula is C25H32N2O6S. The first-order valence-corrected chi connectivity index (χ1v) is 12.5. The van der Waals surface area contributed by atoms with Gasteiger partial charge in [0.15, 0.2) is 0 Å². The Morgan fingerprint density at radius 2 is 2.00 bits per heavy atom. The number of aliphatic hydroxyl groups is 1. The van der Waals surface area contributed by atoms with Crippen molar-refractivity contribution in [2.75, 3.05) is 31.7 Å². The second-order valence-corrected chi connectivity index (χ2v) is 11.4. The SMILES string of the molecule is C=CCN(C(=O)C1N(CCCCO)C(=O)[C@@H]2[C@@H](C(=O)O)[C@@]3(C)CCC12S3)c1ccc(OC)cc1. The number of carbonyl (C=O) groups excluding carboxylic acids is 2. The molecule has 5 atom stereocenters. The Morgan fingerprint density at radius 3 is 2.59 bits per heavy atom. The molecule has 1 aromatic carbocycles. The van der Waals surface area contributed by atoms with Crippen LogP contribution in [-0.4, -0.2) is 75.2 Å². The van der Waals surface area contributed by atoms with Crippen molar-refractivity contribution in [2.24, 2.45) is 11.8 Å². The average molecular weight is 489 g/mol. The molecule has 8 nitrogen and oxygen atoms in total. The number of carboxylic acids is 1. The number of hydrogen-bond donors (Lipinski definition) is 2. The lowest BCUT2D eigenvalue weighted by Gasteiger charge is -2.37. The van der Waals surface area contributed by atoms with Crippen molar-refractivity contribution in [3.05, 3.63) is 36.9 Å². The first kappa shape index (κ1) is 24.6. The summed E-state index contributed by atoms with van der Waals surface area (Å²) in [6.07, 6.45) is 3.95. The summed E-state index contributed by atoms with van der Waals surface area (Å²) in [5, 5.41) is 19.3. The summed E-state index contributed by atoms with van der Waals surface area (Å²) in [5.41, 5.74) is 0.659. The Labute approximate surface area is 203 Å². The lowest BCUT2D eigenvalue weighted by atomic mass is 9.66. The van der Waals surface area contributed by atoms with Crippen molar-refractivity contribution >= 4 is 35.2 Å². The average Bonchev–Trinajstić information content (AvgIpc) is 3.38. The Balaban J connectivity index is 1.76. The molecule has 34 heavy (non-hydrogen) atoms. The van der Waals surface area contributed by atoms with Crippen LogP contribution in [0, 0.1) is 11.8 Å². The summed E-state index contributed by atoms with van der Waals surface area (Å²) >= 11 is 1.52. The molecule has 0 aliphatic carbocycles. The van der Waals surface area contributed by atoms with E-state index in [4.69, 9.17) is 4.74 Å². The number of rotatable bonds is 10. The molecule has 3 fully saturated rings. The molecule has 0 saturated carbocycles. The van der Waals surface area contributed by atoms with Gasteiger partial charge in [0.2, 0.25) is 5.91 Å². The van der Waals surface area contributed by atoms with Gasteiger partial charge in [-0.05, 0) is 56.9 Å². The van der Waals surface area contributed by atoms with Crippen LogP contribution in [0.3, 0.4) is 0 Å². The van der Waals surface area contributed by atoms with Crippen LogP contribution in [0.2, 0.25) is 0 Å². The molecule has 4 rings (SSSR count). The Kier molecular flexibility index (Phi) is 6.70. The lowest BCUT2D eigenvalue weighted by molar-refractivity contribution is -0.150. The smallest absolute Gasteiger partial charge is 0.308 e. The molecule has 2 bridgehead atoms. The number of methoxy groups -OCH3 is 1. The molecule has 3 aliphatic rings. The fourth-order valence-corrected chi connectivity index (χ4v) is 8.42. The molecule has 3 saturated heterocycles. The van der Waals surface area contributed by atoms with Crippen LogP contribution in [-0.2, 0) is 14.4 Å². The van der Waals surface area contributed by atoms with Gasteiger partial charge >= 0.3 is 5.97 Å². The Bertz CT molecular complexity index is 984. The lowest BCUT2D eigenvalue weighted by Crippen LogP contribution is -2.55. The number of aliphatic hydroxyl groups excluding tert-OH is 1. The number of carbonyl (C=O) groups is 3. The van der Waals surface area contributed by atoms with Crippen LogP contribution in [0.5, 0.6) is 5.75 Å². The maximum atomic E-state index is 14.2. The number of carboxylic acid groups (broad SMARTS) is 1. The maximum absolute atomic E-state index is 14.2. The fourth-order valence-electron chi connectivity index (χ4n) is 6.08. The zero-order valence-corrected chi connectivity index (χ0v) is 20.4. The first-order valence-electron chi connectivity index (χ1n) is 11.6. The molecule has 3 heterocycles. The quantitative estimate of drug-likeness (QED) is 0.385. The van der Waals surface area contributed by atoms with Crippen molar-refractivity contribution < 1.29 is 29.3 Å². The number of nitrogens with zero attached hydrogens (tertiary/aromatic N) is 2. The van der Waals surface area contributed by atoms with E-state index >= 15 is 0 Å². The monoisotopic (exact) mass is 488 g/mol. The van der Waals surface area contributed by atoms with Crippen molar-refractivity contribution in [2.45, 2.75) is 48.1 Å². The molecule has 3 aliphatic heterocycles. The van der Waals surface area contributed by atoms with Crippen LogP contribution >= 0.6 is 11.8 Å². The van der Waals surface area contributed by atoms with E-state index in [0.717, 1.165) is 0 Å². The number of likely N-dealkylation sites (tertiary alicyclic amines) is 1. The second-order valence-electron chi connectivity index (χ2n) is 9.46. The predicted octanol–water partition coefficient (Wildman–Crippen LogP) is 2.55. The molecule has 2 amide bonds. The zero-order chi connectivity index (χ0) is 24.7. The molecule has 9 heteroatoms. The number of amides is 2. The highest BCUT2D eigenvalue weighted by Crippen LogP contribution is 2.71. The highest BCUT2D eigenvalue weighted by atomic mass is 32.2. The summed E-state index contributed by atoms with van der Waals surface area (Å²) in [5.74, 6) is -2.36. The molecule has 0 aromatic heterocycles. The number of benzene rings is 1. The molecule has 184 valence electrons. The summed E-state index contributed by atoms with van der Waals surface area (Å²) in [4.78, 5) is 43.5. The normalized spacial score (nSPS) is 31.4. The highest BCUT2D eigenvalue weighted by molar-refractivity contribution is 8.02. The largest absolute Gasteiger partial charge is 0.497 e. The predicted molar refractivity (Wildman–Crippen MR) is 130 cm³/mol. The van der Waals surface area contributed by atoms with E-state index in [1.165, 1.54) is 11.8 Å². The van der Waals surface area contributed by atoms with E-state index in [1.54, 1.807) is 47.3 Å². The topological polar surface area (TPSA) is 107 Å². The minimum Gasteiger partial charge on any atom is -0.497 e. The highest BCUT2D eigenvalue weighted by Gasteiger charge is 2.77. The van der Waals surface area contributed by atoms with Gasteiger partial charge in [-0.25, -0.2) is 0 Å². The van der Waals surface area contributed by atoms with E-state index in [2.05, 4.69) is 6.58 Å². The molecule has 0 radical (unpaired) electrons. The molecule has 1 aromatic rings. The van der Waals surface area contributed by atoms with E-state index in [-0.39, 0.29) is 25.0 Å². The van der Waals surface area contributed by atoms with Crippen molar-refractivity contribution in [3.8, 4) is 5.75 Å². The summed E-state index contributed by atoms with van der Waals surface area (Å²) in [7, 11) is 1.57. The van der Waals surface area contributed by atoms with Crippen LogP contribution in [0.4, 0.5) is 5.69 Å². The van der Waals surface area contributed by atoms with Crippen LogP contribution in [0.15, 0.2) is 36.9 Å². The minimum atomic E-state index is -0.976. The van der Waals surface area contributed by atoms with Gasteiger partial charge in [-0.15, -0.1) is 18.3 Å². The fraction of sp³-hybridized carbons (Fsp3) is 0.560. The van der Waals surface area contributed by atoms with Crippen LogP contribution < -0.4 is 9.64 Å². The first-order chi connectivity index (χ1) is 16.2. The zero-order valence-electron chi connectivity index (χ0n) is 19.6. The van der Waals surface area contributed by atoms with Gasteiger partial charge in [-0.2, -0.15) is 0 Å². The molecular weight excluding hydrogens is 456 g/mol. The second kappa shape index (κ2) is 9.26. The molecule has 2 N–H and O–H groups in total. The van der Waals surface area contributed by atoms with Gasteiger partial charge < -0.3 is 24.7 Å². The maximum Gasteiger partial charge on any atom is 0.308 e. The van der Waals surface area contributed by atoms with Crippen molar-refractivity contribution in [1.29, 1.82) is 0 Å². The number of aliphatic carboxylic acids is 1. The third-order valence-electron chi connectivity index (χ3n) is 7.55. The van der Waals surface area contributed by atoms with Gasteiger partial charge in [0.25, 0.3) is 5.91 Å². The van der Waals surface area contributed by atoms with Crippen LogP contribution in [0.1, 0.15) is 32.6 Å². The number of fused-ring (bicyclic) bond motifs is 1. The number of hydrogen-bond acceptors (Lipinski definition) is 6. The number of anilines is 1. The van der Waals surface area contributed by atoms with Crippen molar-refractivity contribution in [3.63, 3.8) is 0 Å². The third-order valence-corrected chi connectivity index (χ3v) is 9.53. The van der Waals surface area contributed by atoms with Gasteiger partial charge in [-0.1, -0.05) is 6.08 Å².